The van der Waals surface area contributed by atoms with Crippen molar-refractivity contribution in [2.24, 2.45) is 5.73 Å². The predicted molar refractivity (Wildman–Crippen MR) is 105 cm³/mol. The summed E-state index contributed by atoms with van der Waals surface area (Å²) in [4.78, 5) is 0. The second-order valence-electron chi connectivity index (χ2n) is 6.41. The zero-order valence-electron chi connectivity index (χ0n) is 15.9. The van der Waals surface area contributed by atoms with Crippen molar-refractivity contribution >= 4 is 0 Å². The average Bonchev–Trinajstić information content (AvgIpc) is 3.18. The Labute approximate surface area is 168 Å². The van der Waals surface area contributed by atoms with Gasteiger partial charge in [-0.15, -0.1) is 0 Å². The molecule has 2 aromatic carbocycles. The molecule has 4 rings (SSSR count). The molecular formula is C22H20N2O5. The van der Waals surface area contributed by atoms with Crippen molar-refractivity contribution in [3.8, 4) is 34.8 Å². The molecule has 2 N–H and O–H groups in total. The van der Waals surface area contributed by atoms with Gasteiger partial charge >= 0.3 is 0 Å². The van der Waals surface area contributed by atoms with Gasteiger partial charge in [0.05, 0.1) is 12.5 Å². The molecule has 0 saturated heterocycles. The maximum atomic E-state index is 9.76. The van der Waals surface area contributed by atoms with Crippen molar-refractivity contribution in [3.63, 3.8) is 0 Å². The van der Waals surface area contributed by atoms with Crippen LogP contribution in [0.15, 0.2) is 54.4 Å². The first-order chi connectivity index (χ1) is 14.2. The second-order valence-corrected chi connectivity index (χ2v) is 6.41. The van der Waals surface area contributed by atoms with Gasteiger partial charge in [-0.2, -0.15) is 5.26 Å². The van der Waals surface area contributed by atoms with Gasteiger partial charge in [-0.25, -0.2) is 0 Å². The van der Waals surface area contributed by atoms with E-state index in [-0.39, 0.29) is 12.7 Å². The zero-order chi connectivity index (χ0) is 20.4. The number of allylic oxidation sites excluding steroid dienone is 1. The monoisotopic (exact) mass is 392 g/mol. The van der Waals surface area contributed by atoms with Crippen molar-refractivity contribution in [2.45, 2.75) is 12.8 Å². The number of ether oxygens (including phenoxy) is 5. The molecule has 7 nitrogen and oxygen atoms in total. The number of hydrogen-bond donors (Lipinski definition) is 1. The van der Waals surface area contributed by atoms with Gasteiger partial charge in [0, 0.05) is 11.6 Å². The summed E-state index contributed by atoms with van der Waals surface area (Å²) in [6.45, 7) is 6.54. The molecule has 2 aromatic rings. The first-order valence-corrected chi connectivity index (χ1v) is 9.17. The van der Waals surface area contributed by atoms with Crippen molar-refractivity contribution in [3.05, 3.63) is 65.6 Å². The molecule has 0 saturated carbocycles. The molecule has 0 amide bonds. The molecule has 0 fully saturated rings. The Balaban J connectivity index is 1.84. The van der Waals surface area contributed by atoms with Crippen LogP contribution in [-0.4, -0.2) is 20.0 Å². The fourth-order valence-electron chi connectivity index (χ4n) is 3.43. The van der Waals surface area contributed by atoms with Crippen molar-refractivity contribution in [1.29, 1.82) is 5.26 Å². The molecule has 0 radical (unpaired) electrons. The van der Waals surface area contributed by atoms with Crippen LogP contribution in [0.5, 0.6) is 28.7 Å². The van der Waals surface area contributed by atoms with Gasteiger partial charge in [-0.1, -0.05) is 18.7 Å². The molecule has 0 aliphatic carbocycles. The van der Waals surface area contributed by atoms with Crippen LogP contribution in [0.2, 0.25) is 0 Å². The van der Waals surface area contributed by atoms with E-state index in [0.29, 0.717) is 47.5 Å². The van der Waals surface area contributed by atoms with Crippen molar-refractivity contribution in [2.75, 3.05) is 20.0 Å². The molecule has 0 bridgehead atoms. The Morgan fingerprint density at radius 1 is 1.17 bits per heavy atom. The van der Waals surface area contributed by atoms with E-state index >= 15 is 0 Å². The van der Waals surface area contributed by atoms with Crippen LogP contribution < -0.4 is 29.4 Å². The maximum absolute atomic E-state index is 9.76. The van der Waals surface area contributed by atoms with E-state index in [9.17, 15) is 5.26 Å². The van der Waals surface area contributed by atoms with Crippen LogP contribution in [0.1, 0.15) is 24.0 Å². The first kappa shape index (κ1) is 18.6. The molecule has 2 aliphatic rings. The van der Waals surface area contributed by atoms with E-state index in [1.165, 1.54) is 0 Å². The minimum Gasteiger partial charge on any atom is -0.490 e. The highest BCUT2D eigenvalue weighted by atomic mass is 16.7. The third-order valence-electron chi connectivity index (χ3n) is 4.67. The zero-order valence-corrected chi connectivity index (χ0v) is 15.9. The van der Waals surface area contributed by atoms with Crippen molar-refractivity contribution < 1.29 is 23.7 Å². The van der Waals surface area contributed by atoms with Crippen LogP contribution in [0.4, 0.5) is 0 Å². The van der Waals surface area contributed by atoms with Crippen LogP contribution in [0.3, 0.4) is 0 Å². The molecule has 2 heterocycles. The molecule has 29 heavy (non-hydrogen) atoms. The molecule has 0 aromatic heterocycles. The van der Waals surface area contributed by atoms with Crippen LogP contribution in [0, 0.1) is 11.3 Å². The lowest BCUT2D eigenvalue weighted by Crippen LogP contribution is -2.21. The van der Waals surface area contributed by atoms with E-state index in [1.54, 1.807) is 12.1 Å². The van der Waals surface area contributed by atoms with Crippen LogP contribution in [0.25, 0.3) is 0 Å². The molecule has 2 aliphatic heterocycles. The molecular weight excluding hydrogens is 372 g/mol. The third kappa shape index (κ3) is 3.29. The van der Waals surface area contributed by atoms with E-state index < -0.39 is 5.92 Å². The third-order valence-corrected chi connectivity index (χ3v) is 4.67. The Morgan fingerprint density at radius 2 is 1.97 bits per heavy atom. The highest BCUT2D eigenvalue weighted by molar-refractivity contribution is 5.62. The number of hydrogen-bond acceptors (Lipinski definition) is 7. The Hall–Kier alpha value is -3.79. The smallest absolute Gasteiger partial charge is 0.231 e. The summed E-state index contributed by atoms with van der Waals surface area (Å²) in [5, 5.41) is 9.76. The molecule has 148 valence electrons. The quantitative estimate of drug-likeness (QED) is 0.751. The summed E-state index contributed by atoms with van der Waals surface area (Å²) < 4.78 is 28.1. The fourth-order valence-corrected chi connectivity index (χ4v) is 3.43. The van der Waals surface area contributed by atoms with E-state index in [0.717, 1.165) is 11.1 Å². The number of benzene rings is 2. The van der Waals surface area contributed by atoms with Crippen LogP contribution >= 0.6 is 0 Å². The Bertz CT molecular complexity index is 1040. The highest BCUT2D eigenvalue weighted by Crippen LogP contribution is 2.48. The largest absolute Gasteiger partial charge is 0.490 e. The normalized spacial score (nSPS) is 16.5. The average molecular weight is 392 g/mol. The summed E-state index contributed by atoms with van der Waals surface area (Å²) in [7, 11) is 0. The van der Waals surface area contributed by atoms with E-state index in [2.05, 4.69) is 12.6 Å². The van der Waals surface area contributed by atoms with Gasteiger partial charge in [0.2, 0.25) is 12.7 Å². The standard InChI is InChI=1S/C22H20N2O5/c1-3-7-26-16-6-5-13(8-18(16)25-4-2)21-14-9-19-20(28-12-27-19)10-17(14)29-22(24)15(21)11-23/h3,5-6,8-10,21H,1,4,7,12,24H2,2H3. The van der Waals surface area contributed by atoms with Crippen molar-refractivity contribution in [1.82, 2.24) is 0 Å². The van der Waals surface area contributed by atoms with Gasteiger partial charge in [-0.3, -0.25) is 0 Å². The minimum atomic E-state index is -0.439. The van der Waals surface area contributed by atoms with Gasteiger partial charge in [0.25, 0.3) is 0 Å². The molecule has 7 heteroatoms. The number of nitriles is 1. The lowest BCUT2D eigenvalue weighted by Gasteiger charge is -2.27. The summed E-state index contributed by atoms with van der Waals surface area (Å²) in [6, 6.07) is 11.3. The van der Waals surface area contributed by atoms with Gasteiger partial charge in [0.15, 0.2) is 23.0 Å². The van der Waals surface area contributed by atoms with Crippen LogP contribution in [-0.2, 0) is 0 Å². The molecule has 1 atom stereocenters. The predicted octanol–water partition coefficient (Wildman–Crippen LogP) is 3.60. The summed E-state index contributed by atoms with van der Waals surface area (Å²) in [6.07, 6.45) is 1.66. The topological polar surface area (TPSA) is 96.0 Å². The Kier molecular flexibility index (Phi) is 4.92. The Morgan fingerprint density at radius 3 is 2.69 bits per heavy atom. The summed E-state index contributed by atoms with van der Waals surface area (Å²) >= 11 is 0. The first-order valence-electron chi connectivity index (χ1n) is 9.17. The summed E-state index contributed by atoms with van der Waals surface area (Å²) in [5.74, 6) is 2.52. The van der Waals surface area contributed by atoms with Gasteiger partial charge in [0.1, 0.15) is 24.0 Å². The second kappa shape index (κ2) is 7.68. The SMILES string of the molecule is C=CCOc1ccc(C2C(C#N)=C(N)Oc3cc4c(cc32)OCO4)cc1OCC. The summed E-state index contributed by atoms with van der Waals surface area (Å²) in [5.41, 5.74) is 7.97. The lowest BCUT2D eigenvalue weighted by atomic mass is 9.83. The van der Waals surface area contributed by atoms with Gasteiger partial charge < -0.3 is 29.4 Å². The molecule has 1 unspecified atom stereocenters. The van der Waals surface area contributed by atoms with Gasteiger partial charge in [-0.05, 0) is 30.7 Å². The number of nitrogens with zero attached hydrogens (tertiary/aromatic N) is 1. The fraction of sp³-hybridized carbons (Fsp3) is 0.227. The lowest BCUT2D eigenvalue weighted by molar-refractivity contribution is 0.174. The number of fused-ring (bicyclic) bond motifs is 2. The van der Waals surface area contributed by atoms with E-state index in [4.69, 9.17) is 29.4 Å². The number of nitrogens with two attached hydrogens (primary N) is 1. The number of rotatable bonds is 6. The minimum absolute atomic E-state index is 0.0637. The highest BCUT2D eigenvalue weighted by Gasteiger charge is 2.33. The maximum Gasteiger partial charge on any atom is 0.231 e. The molecule has 0 spiro atoms. The van der Waals surface area contributed by atoms with E-state index in [1.807, 2.05) is 31.2 Å².